The lowest BCUT2D eigenvalue weighted by molar-refractivity contribution is -0.139. The molecule has 0 unspecified atom stereocenters. The summed E-state index contributed by atoms with van der Waals surface area (Å²) in [6.45, 7) is 2.07. The van der Waals surface area contributed by atoms with Crippen LogP contribution in [0.5, 0.6) is 5.75 Å². The van der Waals surface area contributed by atoms with Gasteiger partial charge in [-0.3, -0.25) is 14.4 Å². The highest BCUT2D eigenvalue weighted by Gasteiger charge is 2.49. The lowest BCUT2D eigenvalue weighted by Crippen LogP contribution is -2.55. The third-order valence-electron chi connectivity index (χ3n) is 4.47. The number of ketones is 1. The van der Waals surface area contributed by atoms with Gasteiger partial charge in [0.1, 0.15) is 17.0 Å². The number of rotatable bonds is 4. The van der Waals surface area contributed by atoms with Gasteiger partial charge in [0, 0.05) is 0 Å². The van der Waals surface area contributed by atoms with Gasteiger partial charge in [-0.15, -0.1) is 0 Å². The molecule has 1 atom stereocenters. The fourth-order valence-electron chi connectivity index (χ4n) is 3.20. The van der Waals surface area contributed by atoms with Crippen LogP contribution in [-0.2, 0) is 14.4 Å². The molecular weight excluding hydrogens is 376 g/mol. The fourth-order valence-corrected chi connectivity index (χ4v) is 3.20. The molecule has 2 N–H and O–H groups in total. The fraction of sp³-hybridized carbons (Fsp3) is 0.150. The SMILES string of the molecule is CCOc1ccccc1N1C(=O)C(=O)[C@H](c2nc3ccccc3o2)/C(=N/N)C1=O. The third kappa shape index (κ3) is 2.92. The molecule has 0 saturated carbocycles. The van der Waals surface area contributed by atoms with Crippen LogP contribution in [0.25, 0.3) is 11.1 Å². The molecule has 4 rings (SSSR count). The van der Waals surface area contributed by atoms with Crippen molar-refractivity contribution in [3.8, 4) is 5.75 Å². The molecule has 1 fully saturated rings. The number of aromatic nitrogens is 1. The topological polar surface area (TPSA) is 128 Å². The number of nitrogens with zero attached hydrogens (tertiary/aromatic N) is 3. The number of para-hydroxylation sites is 4. The summed E-state index contributed by atoms with van der Waals surface area (Å²) in [5.41, 5.74) is 0.689. The number of nitrogens with two attached hydrogens (primary N) is 1. The van der Waals surface area contributed by atoms with E-state index >= 15 is 0 Å². The first-order valence-electron chi connectivity index (χ1n) is 8.84. The minimum absolute atomic E-state index is 0.111. The number of Topliss-reactive ketones (excluding diaryl/α,β-unsaturated/α-hetero) is 1. The van der Waals surface area contributed by atoms with Gasteiger partial charge in [0.05, 0.1) is 12.3 Å². The number of carbonyl (C=O) groups excluding carboxylic acids is 3. The van der Waals surface area contributed by atoms with Crippen molar-refractivity contribution in [2.75, 3.05) is 11.5 Å². The maximum atomic E-state index is 13.1. The normalized spacial score (nSPS) is 18.7. The van der Waals surface area contributed by atoms with Crippen molar-refractivity contribution in [1.82, 2.24) is 4.98 Å². The smallest absolute Gasteiger partial charge is 0.302 e. The molecule has 29 heavy (non-hydrogen) atoms. The molecule has 2 aromatic carbocycles. The zero-order valence-electron chi connectivity index (χ0n) is 15.4. The second kappa shape index (κ2) is 7.19. The number of oxazole rings is 1. The van der Waals surface area contributed by atoms with Crippen LogP contribution in [0, 0.1) is 0 Å². The summed E-state index contributed by atoms with van der Waals surface area (Å²) in [4.78, 5) is 43.9. The third-order valence-corrected chi connectivity index (χ3v) is 4.47. The summed E-state index contributed by atoms with van der Waals surface area (Å²) >= 11 is 0. The summed E-state index contributed by atoms with van der Waals surface area (Å²) in [6, 6.07) is 13.2. The first-order chi connectivity index (χ1) is 14.1. The number of fused-ring (bicyclic) bond motifs is 1. The zero-order chi connectivity index (χ0) is 20.5. The van der Waals surface area contributed by atoms with Gasteiger partial charge in [0.25, 0.3) is 5.91 Å². The van der Waals surface area contributed by atoms with Gasteiger partial charge in [-0.25, -0.2) is 9.88 Å². The summed E-state index contributed by atoms with van der Waals surface area (Å²) in [5.74, 6) is 1.39. The summed E-state index contributed by atoms with van der Waals surface area (Å²) in [7, 11) is 0. The van der Waals surface area contributed by atoms with E-state index in [9.17, 15) is 14.4 Å². The molecule has 1 aliphatic heterocycles. The number of carbonyl (C=O) groups is 3. The average molecular weight is 392 g/mol. The lowest BCUT2D eigenvalue weighted by Gasteiger charge is -2.29. The predicted octanol–water partition coefficient (Wildman–Crippen LogP) is 1.77. The minimum Gasteiger partial charge on any atom is -0.492 e. The number of anilines is 1. The summed E-state index contributed by atoms with van der Waals surface area (Å²) in [5, 5.41) is 3.50. The summed E-state index contributed by atoms with van der Waals surface area (Å²) < 4.78 is 11.1. The molecule has 1 aromatic heterocycles. The van der Waals surface area contributed by atoms with Gasteiger partial charge in [-0.2, -0.15) is 5.10 Å². The van der Waals surface area contributed by atoms with Crippen molar-refractivity contribution >= 4 is 40.1 Å². The van der Waals surface area contributed by atoms with Gasteiger partial charge in [-0.1, -0.05) is 24.3 Å². The zero-order valence-corrected chi connectivity index (χ0v) is 15.4. The maximum Gasteiger partial charge on any atom is 0.302 e. The minimum atomic E-state index is -1.41. The van der Waals surface area contributed by atoms with Crippen LogP contribution in [0.1, 0.15) is 18.7 Å². The number of piperidine rings is 1. The molecule has 146 valence electrons. The number of ether oxygens (including phenoxy) is 1. The summed E-state index contributed by atoms with van der Waals surface area (Å²) in [6.07, 6.45) is 0. The van der Waals surface area contributed by atoms with Crippen molar-refractivity contribution in [1.29, 1.82) is 0 Å². The van der Waals surface area contributed by atoms with Crippen LogP contribution < -0.4 is 15.5 Å². The van der Waals surface area contributed by atoms with E-state index in [-0.39, 0.29) is 23.0 Å². The molecule has 2 heterocycles. The van der Waals surface area contributed by atoms with E-state index in [0.717, 1.165) is 4.90 Å². The van der Waals surface area contributed by atoms with Crippen molar-refractivity contribution in [2.45, 2.75) is 12.8 Å². The Bertz CT molecular complexity index is 1130. The van der Waals surface area contributed by atoms with Gasteiger partial charge in [0.2, 0.25) is 11.7 Å². The maximum absolute atomic E-state index is 13.1. The number of benzene rings is 2. The Morgan fingerprint density at radius 3 is 2.55 bits per heavy atom. The van der Waals surface area contributed by atoms with Crippen LogP contribution >= 0.6 is 0 Å². The Balaban J connectivity index is 1.80. The van der Waals surface area contributed by atoms with E-state index in [0.29, 0.717) is 17.7 Å². The van der Waals surface area contributed by atoms with E-state index in [1.807, 2.05) is 0 Å². The highest BCUT2D eigenvalue weighted by Crippen LogP contribution is 2.34. The molecule has 9 heteroatoms. The first kappa shape index (κ1) is 18.4. The van der Waals surface area contributed by atoms with Gasteiger partial charge >= 0.3 is 5.91 Å². The van der Waals surface area contributed by atoms with Gasteiger partial charge in [0.15, 0.2) is 11.5 Å². The Hall–Kier alpha value is -4.01. The highest BCUT2D eigenvalue weighted by molar-refractivity contribution is 6.67. The van der Waals surface area contributed by atoms with Crippen LogP contribution in [0.3, 0.4) is 0 Å². The van der Waals surface area contributed by atoms with Crippen molar-refractivity contribution < 1.29 is 23.5 Å². The highest BCUT2D eigenvalue weighted by atomic mass is 16.5. The number of hydrogen-bond donors (Lipinski definition) is 1. The number of hydrazone groups is 1. The molecule has 2 amide bonds. The number of amides is 2. The molecule has 9 nitrogen and oxygen atoms in total. The Morgan fingerprint density at radius 2 is 1.83 bits per heavy atom. The molecule has 0 radical (unpaired) electrons. The second-order valence-corrected chi connectivity index (χ2v) is 6.18. The van der Waals surface area contributed by atoms with E-state index in [1.54, 1.807) is 49.4 Å². The molecular formula is C20H16N4O5. The van der Waals surface area contributed by atoms with Crippen LogP contribution in [0.15, 0.2) is 58.0 Å². The average Bonchev–Trinajstić information content (AvgIpc) is 3.15. The van der Waals surface area contributed by atoms with Crippen molar-refractivity contribution in [2.24, 2.45) is 10.9 Å². The molecule has 0 aliphatic carbocycles. The van der Waals surface area contributed by atoms with Crippen LogP contribution in [0.4, 0.5) is 5.69 Å². The number of hydrogen-bond acceptors (Lipinski definition) is 8. The monoisotopic (exact) mass is 392 g/mol. The van der Waals surface area contributed by atoms with E-state index in [1.165, 1.54) is 6.07 Å². The molecule has 1 saturated heterocycles. The Kier molecular flexibility index (Phi) is 4.55. The Labute approximate surface area is 164 Å². The van der Waals surface area contributed by atoms with Crippen molar-refractivity contribution in [3.63, 3.8) is 0 Å². The number of imide groups is 1. The first-order valence-corrected chi connectivity index (χ1v) is 8.84. The molecule has 1 aliphatic rings. The quantitative estimate of drug-likeness (QED) is 0.310. The Morgan fingerprint density at radius 1 is 1.10 bits per heavy atom. The van der Waals surface area contributed by atoms with E-state index in [4.69, 9.17) is 15.0 Å². The molecule has 0 bridgehead atoms. The van der Waals surface area contributed by atoms with Crippen LogP contribution in [0.2, 0.25) is 0 Å². The molecule has 0 spiro atoms. The van der Waals surface area contributed by atoms with Gasteiger partial charge < -0.3 is 15.0 Å². The van der Waals surface area contributed by atoms with E-state index < -0.39 is 23.5 Å². The van der Waals surface area contributed by atoms with E-state index in [2.05, 4.69) is 10.1 Å². The predicted molar refractivity (Wildman–Crippen MR) is 103 cm³/mol. The second-order valence-electron chi connectivity index (χ2n) is 6.18. The lowest BCUT2D eigenvalue weighted by atomic mass is 9.91. The molecule has 3 aromatic rings. The van der Waals surface area contributed by atoms with Crippen molar-refractivity contribution in [3.05, 3.63) is 54.4 Å². The van der Waals surface area contributed by atoms with Crippen LogP contribution in [-0.4, -0.2) is 34.9 Å². The standard InChI is InChI=1S/C20H16N4O5/c1-2-28-14-10-6-4-8-12(14)24-19(26)16(23-21)15(17(25)20(24)27)18-22-11-7-3-5-9-13(11)29-18/h3-10,15H,2,21H2,1H3/b23-16-/t15-/m1/s1. The van der Waals surface area contributed by atoms with Gasteiger partial charge in [-0.05, 0) is 31.2 Å². The largest absolute Gasteiger partial charge is 0.492 e.